The van der Waals surface area contributed by atoms with Gasteiger partial charge < -0.3 is 24.7 Å². The number of hydrogen-bond acceptors (Lipinski definition) is 4. The summed E-state index contributed by atoms with van der Waals surface area (Å²) in [5, 5.41) is 6.68. The molecule has 0 aliphatic carbocycles. The summed E-state index contributed by atoms with van der Waals surface area (Å²) in [5.41, 5.74) is 3.50. The van der Waals surface area contributed by atoms with Gasteiger partial charge >= 0.3 is 0 Å². The van der Waals surface area contributed by atoms with Crippen LogP contribution in [0.5, 0.6) is 11.5 Å². The Balaban J connectivity index is 1.54. The smallest absolute Gasteiger partial charge is 0.191 e. The third-order valence-electron chi connectivity index (χ3n) is 4.51. The van der Waals surface area contributed by atoms with Crippen LogP contribution in [-0.4, -0.2) is 36.8 Å². The van der Waals surface area contributed by atoms with Gasteiger partial charge in [0.1, 0.15) is 0 Å². The molecule has 0 radical (unpaired) electrons. The fourth-order valence-corrected chi connectivity index (χ4v) is 3.01. The van der Waals surface area contributed by atoms with Crippen molar-refractivity contribution in [1.29, 1.82) is 0 Å². The van der Waals surface area contributed by atoms with E-state index in [-0.39, 0.29) is 0 Å². The number of rotatable bonds is 8. The fraction of sp³-hybridized carbons (Fsp3) is 0.273. The molecule has 0 spiro atoms. The molecule has 1 aromatic heterocycles. The molecule has 7 heteroatoms. The van der Waals surface area contributed by atoms with Crippen molar-refractivity contribution >= 4 is 5.96 Å². The van der Waals surface area contributed by atoms with Crippen molar-refractivity contribution in [3.8, 4) is 11.5 Å². The fourth-order valence-electron chi connectivity index (χ4n) is 3.01. The first-order chi connectivity index (χ1) is 14.2. The highest BCUT2D eigenvalue weighted by Gasteiger charge is 2.06. The lowest BCUT2D eigenvalue weighted by molar-refractivity contribution is 0.354. The molecule has 0 fully saturated rings. The summed E-state index contributed by atoms with van der Waals surface area (Å²) in [6, 6.07) is 14.3. The molecule has 0 atom stereocenters. The van der Waals surface area contributed by atoms with Crippen LogP contribution in [0.3, 0.4) is 0 Å². The zero-order valence-electron chi connectivity index (χ0n) is 17.1. The maximum absolute atomic E-state index is 5.36. The third-order valence-corrected chi connectivity index (χ3v) is 4.51. The van der Waals surface area contributed by atoms with Crippen LogP contribution in [0.2, 0.25) is 0 Å². The van der Waals surface area contributed by atoms with Crippen LogP contribution in [0.4, 0.5) is 0 Å². The molecule has 0 aliphatic heterocycles. The monoisotopic (exact) mass is 393 g/mol. The summed E-state index contributed by atoms with van der Waals surface area (Å²) < 4.78 is 12.7. The Morgan fingerprint density at radius 1 is 0.966 bits per heavy atom. The average Bonchev–Trinajstić information content (AvgIpc) is 3.27. The lowest BCUT2D eigenvalue weighted by atomic mass is 10.1. The first kappa shape index (κ1) is 20.3. The number of guanidine groups is 1. The maximum Gasteiger partial charge on any atom is 0.191 e. The quantitative estimate of drug-likeness (QED) is 0.455. The van der Waals surface area contributed by atoms with E-state index in [1.54, 1.807) is 27.5 Å². The molecule has 0 aliphatic rings. The number of ether oxygens (including phenoxy) is 2. The molecule has 29 heavy (non-hydrogen) atoms. The van der Waals surface area contributed by atoms with Gasteiger partial charge in [0.2, 0.25) is 0 Å². The van der Waals surface area contributed by atoms with E-state index in [9.17, 15) is 0 Å². The van der Waals surface area contributed by atoms with Crippen molar-refractivity contribution < 1.29 is 9.47 Å². The normalized spacial score (nSPS) is 11.2. The second-order valence-corrected chi connectivity index (χ2v) is 6.52. The number of nitrogens with one attached hydrogen (secondary N) is 2. The minimum Gasteiger partial charge on any atom is -0.493 e. The van der Waals surface area contributed by atoms with Crippen LogP contribution in [-0.2, 0) is 19.6 Å². The van der Waals surface area contributed by atoms with Gasteiger partial charge in [0.15, 0.2) is 17.5 Å². The van der Waals surface area contributed by atoms with E-state index >= 15 is 0 Å². The number of imidazole rings is 1. The molecule has 3 aromatic rings. The first-order valence-corrected chi connectivity index (χ1v) is 9.41. The van der Waals surface area contributed by atoms with Crippen LogP contribution < -0.4 is 20.1 Å². The Kier molecular flexibility index (Phi) is 7.10. The van der Waals surface area contributed by atoms with Gasteiger partial charge in [-0.25, -0.2) is 4.98 Å². The highest BCUT2D eigenvalue weighted by molar-refractivity contribution is 5.79. The second-order valence-electron chi connectivity index (χ2n) is 6.52. The molecule has 0 amide bonds. The van der Waals surface area contributed by atoms with E-state index < -0.39 is 0 Å². The van der Waals surface area contributed by atoms with Crippen LogP contribution in [0.1, 0.15) is 16.7 Å². The molecule has 152 valence electrons. The van der Waals surface area contributed by atoms with Gasteiger partial charge in [-0.2, -0.15) is 0 Å². The van der Waals surface area contributed by atoms with Gasteiger partial charge in [0, 0.05) is 39.1 Å². The summed E-state index contributed by atoms with van der Waals surface area (Å²) in [5.74, 6) is 2.17. The van der Waals surface area contributed by atoms with Crippen molar-refractivity contribution in [1.82, 2.24) is 20.2 Å². The number of hydrogen-bond donors (Lipinski definition) is 2. The summed E-state index contributed by atoms with van der Waals surface area (Å²) in [7, 11) is 5.03. The largest absolute Gasteiger partial charge is 0.493 e. The SMILES string of the molecule is CN=C(NCc1cccc(Cn2ccnc2)c1)NCc1ccc(OC)c(OC)c1. The van der Waals surface area contributed by atoms with E-state index in [0.717, 1.165) is 18.1 Å². The van der Waals surface area contributed by atoms with Gasteiger partial charge in [-0.1, -0.05) is 30.3 Å². The lowest BCUT2D eigenvalue weighted by Gasteiger charge is -2.14. The molecular formula is C22H27N5O2. The Bertz CT molecular complexity index is 938. The molecule has 7 nitrogen and oxygen atoms in total. The van der Waals surface area contributed by atoms with E-state index in [4.69, 9.17) is 9.47 Å². The van der Waals surface area contributed by atoms with E-state index in [1.165, 1.54) is 11.1 Å². The number of benzene rings is 2. The summed E-state index contributed by atoms with van der Waals surface area (Å²) in [6.07, 6.45) is 5.58. The molecule has 3 rings (SSSR count). The van der Waals surface area contributed by atoms with Crippen LogP contribution >= 0.6 is 0 Å². The van der Waals surface area contributed by atoms with Crippen molar-refractivity contribution in [3.05, 3.63) is 77.9 Å². The second kappa shape index (κ2) is 10.2. The summed E-state index contributed by atoms with van der Waals surface area (Å²) >= 11 is 0. The standard InChI is InChI=1S/C22H27N5O2/c1-23-22(26-14-18-7-8-20(28-2)21(12-18)29-3)25-13-17-5-4-6-19(11-17)15-27-10-9-24-16-27/h4-12,16H,13-15H2,1-3H3,(H2,23,25,26). The number of aliphatic imine (C=N–C) groups is 1. The molecule has 2 aromatic carbocycles. The van der Waals surface area contributed by atoms with E-state index in [2.05, 4.69) is 49.4 Å². The van der Waals surface area contributed by atoms with Gasteiger partial charge in [-0.3, -0.25) is 4.99 Å². The lowest BCUT2D eigenvalue weighted by Crippen LogP contribution is -2.36. The predicted molar refractivity (Wildman–Crippen MR) is 114 cm³/mol. The molecule has 0 saturated heterocycles. The Labute approximate surface area is 171 Å². The minimum atomic E-state index is 0.626. The Hall–Kier alpha value is -3.48. The highest BCUT2D eigenvalue weighted by Crippen LogP contribution is 2.27. The molecule has 2 N–H and O–H groups in total. The number of methoxy groups -OCH3 is 2. The summed E-state index contributed by atoms with van der Waals surface area (Å²) in [4.78, 5) is 8.39. The van der Waals surface area contributed by atoms with Crippen LogP contribution in [0, 0.1) is 0 Å². The first-order valence-electron chi connectivity index (χ1n) is 9.41. The molecule has 0 bridgehead atoms. The van der Waals surface area contributed by atoms with Crippen molar-refractivity contribution in [3.63, 3.8) is 0 Å². The summed E-state index contributed by atoms with van der Waals surface area (Å²) in [6.45, 7) is 2.12. The van der Waals surface area contributed by atoms with Crippen molar-refractivity contribution in [2.24, 2.45) is 4.99 Å². The van der Waals surface area contributed by atoms with E-state index in [0.29, 0.717) is 24.6 Å². The molecule has 1 heterocycles. The molecule has 0 unspecified atom stereocenters. The third kappa shape index (κ3) is 5.75. The topological polar surface area (TPSA) is 72.7 Å². The van der Waals surface area contributed by atoms with E-state index in [1.807, 2.05) is 30.7 Å². The molecular weight excluding hydrogens is 366 g/mol. The van der Waals surface area contributed by atoms with Crippen LogP contribution in [0.25, 0.3) is 0 Å². The van der Waals surface area contributed by atoms with Gasteiger partial charge in [0.05, 0.1) is 20.5 Å². The predicted octanol–water partition coefficient (Wildman–Crippen LogP) is 2.81. The van der Waals surface area contributed by atoms with Gasteiger partial charge in [-0.05, 0) is 28.8 Å². The maximum atomic E-state index is 5.36. The molecule has 0 saturated carbocycles. The zero-order chi connectivity index (χ0) is 20.5. The average molecular weight is 393 g/mol. The van der Waals surface area contributed by atoms with Crippen LogP contribution in [0.15, 0.2) is 66.2 Å². The zero-order valence-corrected chi connectivity index (χ0v) is 17.1. The van der Waals surface area contributed by atoms with Gasteiger partial charge in [-0.15, -0.1) is 0 Å². The number of nitrogens with zero attached hydrogens (tertiary/aromatic N) is 3. The Morgan fingerprint density at radius 3 is 2.34 bits per heavy atom. The Morgan fingerprint density at radius 2 is 1.69 bits per heavy atom. The highest BCUT2D eigenvalue weighted by atomic mass is 16.5. The van der Waals surface area contributed by atoms with Crippen molar-refractivity contribution in [2.45, 2.75) is 19.6 Å². The minimum absolute atomic E-state index is 0.626. The van der Waals surface area contributed by atoms with Crippen molar-refractivity contribution in [2.75, 3.05) is 21.3 Å². The van der Waals surface area contributed by atoms with Gasteiger partial charge in [0.25, 0.3) is 0 Å². The number of aromatic nitrogens is 2.